The summed E-state index contributed by atoms with van der Waals surface area (Å²) in [6, 6.07) is 6.38. The van der Waals surface area contributed by atoms with Crippen LogP contribution in [0.4, 0.5) is 0 Å². The van der Waals surface area contributed by atoms with Gasteiger partial charge in [0.25, 0.3) is 0 Å². The first-order chi connectivity index (χ1) is 6.79. The maximum Gasteiger partial charge on any atom is 0.0277 e. The van der Waals surface area contributed by atoms with Gasteiger partial charge in [0.05, 0.1) is 0 Å². The van der Waals surface area contributed by atoms with Gasteiger partial charge in [-0.3, -0.25) is 0 Å². The summed E-state index contributed by atoms with van der Waals surface area (Å²) in [7, 11) is 0. The fourth-order valence-corrected chi connectivity index (χ4v) is 3.03. The summed E-state index contributed by atoms with van der Waals surface area (Å²) in [6.07, 6.45) is 0. The van der Waals surface area contributed by atoms with Crippen molar-refractivity contribution in [3.8, 4) is 0 Å². The van der Waals surface area contributed by atoms with Crippen LogP contribution in [0.25, 0.3) is 0 Å². The van der Waals surface area contributed by atoms with E-state index in [1.165, 1.54) is 10.5 Å². The topological polar surface area (TPSA) is 26.0 Å². The largest absolute Gasteiger partial charge is 0.324 e. The van der Waals surface area contributed by atoms with Crippen molar-refractivity contribution in [3.63, 3.8) is 0 Å². The molecule has 0 heterocycles. The van der Waals surface area contributed by atoms with E-state index >= 15 is 0 Å². The number of rotatable bonds is 2. The molecule has 1 unspecified atom stereocenters. The molecule has 1 atom stereocenters. The number of halogens is 1. The molecule has 1 nitrogen and oxygen atoms in total. The first-order valence-electron chi connectivity index (χ1n) is 5.03. The highest BCUT2D eigenvalue weighted by molar-refractivity contribution is 9.10. The lowest BCUT2D eigenvalue weighted by Crippen LogP contribution is -2.11. The molecule has 0 spiro atoms. The maximum absolute atomic E-state index is 5.95. The standard InChI is InChI=1S/C12H18BrNS/c1-8(14)10-6-5-9(13)7-11(10)15-12(2,3)4/h5-8H,14H2,1-4H3. The van der Waals surface area contributed by atoms with Gasteiger partial charge >= 0.3 is 0 Å². The van der Waals surface area contributed by atoms with Crippen molar-refractivity contribution in [3.05, 3.63) is 28.2 Å². The molecule has 1 rings (SSSR count). The highest BCUT2D eigenvalue weighted by Crippen LogP contribution is 2.37. The summed E-state index contributed by atoms with van der Waals surface area (Å²) >= 11 is 5.36. The minimum atomic E-state index is 0.0861. The lowest BCUT2D eigenvalue weighted by molar-refractivity contribution is 0.780. The summed E-state index contributed by atoms with van der Waals surface area (Å²) in [5.41, 5.74) is 7.18. The van der Waals surface area contributed by atoms with Gasteiger partial charge in [-0.25, -0.2) is 0 Å². The van der Waals surface area contributed by atoms with Gasteiger partial charge in [-0.2, -0.15) is 0 Å². The van der Waals surface area contributed by atoms with E-state index in [9.17, 15) is 0 Å². The van der Waals surface area contributed by atoms with E-state index in [1.54, 1.807) is 0 Å². The Morgan fingerprint density at radius 1 is 1.33 bits per heavy atom. The second kappa shape index (κ2) is 4.89. The van der Waals surface area contributed by atoms with Crippen molar-refractivity contribution in [1.82, 2.24) is 0 Å². The molecule has 0 fully saturated rings. The summed E-state index contributed by atoms with van der Waals surface area (Å²) < 4.78 is 1.32. The van der Waals surface area contributed by atoms with Gasteiger partial charge in [0.15, 0.2) is 0 Å². The van der Waals surface area contributed by atoms with Crippen LogP contribution in [-0.4, -0.2) is 4.75 Å². The van der Waals surface area contributed by atoms with E-state index in [0.717, 1.165) is 4.47 Å². The molecule has 0 amide bonds. The summed E-state index contributed by atoms with van der Waals surface area (Å²) in [5, 5.41) is 0. The molecule has 2 N–H and O–H groups in total. The molecule has 3 heteroatoms. The van der Waals surface area contributed by atoms with E-state index in [2.05, 4.69) is 48.8 Å². The van der Waals surface area contributed by atoms with Gasteiger partial charge in [-0.05, 0) is 24.6 Å². The molecule has 0 aliphatic heterocycles. The third-order valence-electron chi connectivity index (χ3n) is 1.88. The van der Waals surface area contributed by atoms with Crippen LogP contribution in [0.15, 0.2) is 27.6 Å². The van der Waals surface area contributed by atoms with Crippen LogP contribution in [0.1, 0.15) is 39.3 Å². The number of benzene rings is 1. The average molecular weight is 288 g/mol. The first-order valence-corrected chi connectivity index (χ1v) is 6.64. The van der Waals surface area contributed by atoms with E-state index in [4.69, 9.17) is 5.73 Å². The zero-order chi connectivity index (χ0) is 11.6. The fraction of sp³-hybridized carbons (Fsp3) is 0.500. The molecule has 15 heavy (non-hydrogen) atoms. The van der Waals surface area contributed by atoms with Gasteiger partial charge in [-0.15, -0.1) is 11.8 Å². The van der Waals surface area contributed by atoms with Crippen LogP contribution >= 0.6 is 27.7 Å². The van der Waals surface area contributed by atoms with Crippen molar-refractivity contribution in [2.45, 2.75) is 43.4 Å². The molecule has 1 aromatic carbocycles. The van der Waals surface area contributed by atoms with Crippen molar-refractivity contribution in [2.75, 3.05) is 0 Å². The molecule has 0 radical (unpaired) electrons. The lowest BCUT2D eigenvalue weighted by Gasteiger charge is -2.21. The third kappa shape index (κ3) is 4.17. The average Bonchev–Trinajstić information content (AvgIpc) is 1.99. The van der Waals surface area contributed by atoms with Crippen molar-refractivity contribution < 1.29 is 0 Å². The molecular formula is C12H18BrNS. The predicted molar refractivity (Wildman–Crippen MR) is 72.4 cm³/mol. The van der Waals surface area contributed by atoms with Crippen LogP contribution in [0.2, 0.25) is 0 Å². The molecule has 84 valence electrons. The molecular weight excluding hydrogens is 270 g/mol. The molecule has 0 bridgehead atoms. The van der Waals surface area contributed by atoms with Crippen molar-refractivity contribution >= 4 is 27.7 Å². The van der Waals surface area contributed by atoms with Crippen molar-refractivity contribution in [1.29, 1.82) is 0 Å². The SMILES string of the molecule is CC(N)c1ccc(Br)cc1SC(C)(C)C. The van der Waals surface area contributed by atoms with E-state index < -0.39 is 0 Å². The second-order valence-corrected chi connectivity index (χ2v) is 7.47. The minimum Gasteiger partial charge on any atom is -0.324 e. The Labute approximate surface area is 105 Å². The smallest absolute Gasteiger partial charge is 0.0277 e. The van der Waals surface area contributed by atoms with Gasteiger partial charge < -0.3 is 5.73 Å². The van der Waals surface area contributed by atoms with E-state index in [-0.39, 0.29) is 10.8 Å². The zero-order valence-corrected chi connectivity index (χ0v) is 12.1. The Morgan fingerprint density at radius 2 is 1.93 bits per heavy atom. The Bertz CT molecular complexity index is 342. The maximum atomic E-state index is 5.95. The monoisotopic (exact) mass is 287 g/mol. The number of hydrogen-bond acceptors (Lipinski definition) is 2. The molecule has 1 aromatic rings. The highest BCUT2D eigenvalue weighted by atomic mass is 79.9. The molecule has 0 saturated carbocycles. The number of hydrogen-bond donors (Lipinski definition) is 1. The minimum absolute atomic E-state index is 0.0861. The lowest BCUT2D eigenvalue weighted by atomic mass is 10.1. The third-order valence-corrected chi connectivity index (χ3v) is 3.56. The molecule has 0 aliphatic carbocycles. The van der Waals surface area contributed by atoms with Crippen LogP contribution in [-0.2, 0) is 0 Å². The van der Waals surface area contributed by atoms with Gasteiger partial charge in [0.1, 0.15) is 0 Å². The normalized spacial score (nSPS) is 14.0. The number of thioether (sulfide) groups is 1. The van der Waals surface area contributed by atoms with Crippen LogP contribution in [0.3, 0.4) is 0 Å². The molecule has 0 saturated heterocycles. The Kier molecular flexibility index (Phi) is 4.27. The van der Waals surface area contributed by atoms with Gasteiger partial charge in [-0.1, -0.05) is 42.8 Å². The Balaban J connectivity index is 3.08. The predicted octanol–water partition coefficient (Wildman–Crippen LogP) is 4.36. The zero-order valence-electron chi connectivity index (χ0n) is 9.67. The van der Waals surface area contributed by atoms with Gasteiger partial charge in [0, 0.05) is 20.2 Å². The first kappa shape index (κ1) is 13.1. The van der Waals surface area contributed by atoms with Crippen LogP contribution in [0.5, 0.6) is 0 Å². The van der Waals surface area contributed by atoms with Crippen LogP contribution in [0, 0.1) is 0 Å². The summed E-state index contributed by atoms with van der Waals surface area (Å²) in [5.74, 6) is 0. The van der Waals surface area contributed by atoms with E-state index in [1.807, 2.05) is 24.8 Å². The molecule has 0 aliphatic rings. The van der Waals surface area contributed by atoms with E-state index in [0.29, 0.717) is 0 Å². The fourth-order valence-electron chi connectivity index (χ4n) is 1.30. The number of nitrogens with two attached hydrogens (primary N) is 1. The second-order valence-electron chi connectivity index (χ2n) is 4.69. The quantitative estimate of drug-likeness (QED) is 0.818. The van der Waals surface area contributed by atoms with Crippen molar-refractivity contribution in [2.24, 2.45) is 5.73 Å². The van der Waals surface area contributed by atoms with Crippen LogP contribution < -0.4 is 5.73 Å². The van der Waals surface area contributed by atoms with Gasteiger partial charge in [0.2, 0.25) is 0 Å². The Hall–Kier alpha value is 0.01000. The summed E-state index contributed by atoms with van der Waals surface area (Å²) in [4.78, 5) is 1.27. The Morgan fingerprint density at radius 3 is 2.40 bits per heavy atom. The summed E-state index contributed by atoms with van der Waals surface area (Å²) in [6.45, 7) is 8.66. The molecule has 0 aromatic heterocycles. The highest BCUT2D eigenvalue weighted by Gasteiger charge is 2.16.